The number of anilines is 1. The van der Waals surface area contributed by atoms with Crippen molar-refractivity contribution in [2.24, 2.45) is 0 Å². The van der Waals surface area contributed by atoms with Crippen molar-refractivity contribution in [2.75, 3.05) is 12.4 Å². The van der Waals surface area contributed by atoms with Gasteiger partial charge in [0.25, 0.3) is 0 Å². The quantitative estimate of drug-likeness (QED) is 0.280. The van der Waals surface area contributed by atoms with E-state index in [4.69, 9.17) is 9.72 Å². The number of nitrogens with zero attached hydrogens (tertiary/aromatic N) is 2. The van der Waals surface area contributed by atoms with Crippen molar-refractivity contribution >= 4 is 23.4 Å². The zero-order valence-electron chi connectivity index (χ0n) is 20.7. The summed E-state index contributed by atoms with van der Waals surface area (Å²) in [4.78, 5) is 17.9. The highest BCUT2D eigenvalue weighted by atomic mass is 32.2. The number of benzene rings is 3. The van der Waals surface area contributed by atoms with E-state index in [2.05, 4.69) is 11.4 Å². The van der Waals surface area contributed by atoms with Crippen molar-refractivity contribution in [1.29, 1.82) is 5.26 Å². The van der Waals surface area contributed by atoms with E-state index in [1.54, 1.807) is 7.11 Å². The summed E-state index contributed by atoms with van der Waals surface area (Å²) in [6.45, 7) is 5.82. The van der Waals surface area contributed by atoms with Crippen LogP contribution in [0, 0.1) is 25.2 Å². The zero-order chi connectivity index (χ0) is 25.7. The number of nitriles is 1. The molecule has 36 heavy (non-hydrogen) atoms. The van der Waals surface area contributed by atoms with Gasteiger partial charge in [-0.05, 0) is 56.2 Å². The molecule has 0 bridgehead atoms. The van der Waals surface area contributed by atoms with Crippen LogP contribution < -0.4 is 10.1 Å². The van der Waals surface area contributed by atoms with Crippen LogP contribution in [0.5, 0.6) is 5.75 Å². The SMILES string of the molecule is COc1ccc(-c2cc(-c3ccc(C)cc3)nc(SC(C)C(=O)Nc3ccccc3C)c2C#N)cc1. The minimum Gasteiger partial charge on any atom is -0.497 e. The van der Waals surface area contributed by atoms with Gasteiger partial charge in [0.15, 0.2) is 0 Å². The summed E-state index contributed by atoms with van der Waals surface area (Å²) < 4.78 is 5.30. The molecule has 6 heteroatoms. The molecule has 0 spiro atoms. The van der Waals surface area contributed by atoms with Gasteiger partial charge < -0.3 is 10.1 Å². The molecule has 1 aromatic heterocycles. The number of aromatic nitrogens is 1. The lowest BCUT2D eigenvalue weighted by Gasteiger charge is -2.16. The molecule has 0 saturated heterocycles. The third-order valence-corrected chi connectivity index (χ3v) is 6.99. The van der Waals surface area contributed by atoms with Crippen LogP contribution in [0.25, 0.3) is 22.4 Å². The van der Waals surface area contributed by atoms with Crippen LogP contribution in [0.4, 0.5) is 5.69 Å². The highest BCUT2D eigenvalue weighted by Gasteiger charge is 2.22. The Morgan fingerprint density at radius 2 is 1.67 bits per heavy atom. The Morgan fingerprint density at radius 1 is 1.00 bits per heavy atom. The van der Waals surface area contributed by atoms with Crippen LogP contribution in [-0.2, 0) is 4.79 Å². The van der Waals surface area contributed by atoms with Gasteiger partial charge in [0.2, 0.25) is 5.91 Å². The van der Waals surface area contributed by atoms with Gasteiger partial charge in [-0.25, -0.2) is 4.98 Å². The standard InChI is InChI=1S/C30H27N3O2S/c1-19-9-11-23(12-10-19)28-17-25(22-13-15-24(35-4)16-14-22)26(18-31)30(33-28)36-21(3)29(34)32-27-8-6-5-7-20(27)2/h5-17,21H,1-4H3,(H,32,34). The third kappa shape index (κ3) is 5.59. The molecule has 180 valence electrons. The first-order valence-electron chi connectivity index (χ1n) is 11.6. The second-order valence-electron chi connectivity index (χ2n) is 8.51. The fraction of sp³-hybridized carbons (Fsp3) is 0.167. The van der Waals surface area contributed by atoms with Gasteiger partial charge in [-0.1, -0.05) is 71.9 Å². The van der Waals surface area contributed by atoms with Gasteiger partial charge in [-0.15, -0.1) is 0 Å². The number of carbonyl (C=O) groups excluding carboxylic acids is 1. The second-order valence-corrected chi connectivity index (χ2v) is 9.84. The first-order valence-corrected chi connectivity index (χ1v) is 12.5. The van der Waals surface area contributed by atoms with E-state index in [9.17, 15) is 10.1 Å². The highest BCUT2D eigenvalue weighted by molar-refractivity contribution is 8.00. The van der Waals surface area contributed by atoms with Crippen molar-refractivity contribution in [3.8, 4) is 34.2 Å². The summed E-state index contributed by atoms with van der Waals surface area (Å²) in [7, 11) is 1.62. The Bertz CT molecular complexity index is 1420. The number of pyridine rings is 1. The van der Waals surface area contributed by atoms with Crippen LogP contribution in [0.15, 0.2) is 83.9 Å². The first-order chi connectivity index (χ1) is 17.4. The maximum Gasteiger partial charge on any atom is 0.237 e. The Balaban J connectivity index is 1.75. The molecular weight excluding hydrogens is 466 g/mol. The van der Waals surface area contributed by atoms with Crippen molar-refractivity contribution in [3.63, 3.8) is 0 Å². The fourth-order valence-corrected chi connectivity index (χ4v) is 4.68. The number of thioether (sulfide) groups is 1. The van der Waals surface area contributed by atoms with Crippen LogP contribution >= 0.6 is 11.8 Å². The minimum absolute atomic E-state index is 0.147. The molecule has 0 fully saturated rings. The molecule has 4 aromatic rings. The predicted octanol–water partition coefficient (Wildman–Crippen LogP) is 7.03. The number of nitrogens with one attached hydrogen (secondary N) is 1. The second kappa shape index (κ2) is 11.1. The topological polar surface area (TPSA) is 75.0 Å². The Labute approximate surface area is 216 Å². The lowest BCUT2D eigenvalue weighted by molar-refractivity contribution is -0.115. The molecule has 0 radical (unpaired) electrons. The normalized spacial score (nSPS) is 11.4. The van der Waals surface area contributed by atoms with Gasteiger partial charge in [-0.2, -0.15) is 5.26 Å². The number of hydrogen-bond donors (Lipinski definition) is 1. The minimum atomic E-state index is -0.471. The summed E-state index contributed by atoms with van der Waals surface area (Å²) in [5, 5.41) is 13.2. The van der Waals surface area contributed by atoms with E-state index in [0.717, 1.165) is 44.9 Å². The number of para-hydroxylation sites is 1. The maximum absolute atomic E-state index is 13.0. The summed E-state index contributed by atoms with van der Waals surface area (Å²) in [5.74, 6) is 0.591. The van der Waals surface area contributed by atoms with Crippen LogP contribution in [-0.4, -0.2) is 23.3 Å². The number of rotatable bonds is 7. The summed E-state index contributed by atoms with van der Waals surface area (Å²) in [6, 6.07) is 27.6. The number of aryl methyl sites for hydroxylation is 2. The van der Waals surface area contributed by atoms with E-state index in [0.29, 0.717) is 10.6 Å². The van der Waals surface area contributed by atoms with E-state index in [1.165, 1.54) is 11.8 Å². The van der Waals surface area contributed by atoms with Crippen molar-refractivity contribution in [2.45, 2.75) is 31.0 Å². The van der Waals surface area contributed by atoms with Gasteiger partial charge in [0.1, 0.15) is 16.8 Å². The Hall–Kier alpha value is -4.08. The molecule has 1 amide bonds. The average molecular weight is 494 g/mol. The Morgan fingerprint density at radius 3 is 2.31 bits per heavy atom. The number of amides is 1. The van der Waals surface area contributed by atoms with E-state index in [-0.39, 0.29) is 5.91 Å². The van der Waals surface area contributed by atoms with Crippen LogP contribution in [0.2, 0.25) is 0 Å². The molecule has 1 N–H and O–H groups in total. The largest absolute Gasteiger partial charge is 0.497 e. The van der Waals surface area contributed by atoms with Crippen molar-refractivity contribution in [3.05, 3.63) is 95.6 Å². The van der Waals surface area contributed by atoms with E-state index in [1.807, 2.05) is 99.6 Å². The lowest BCUT2D eigenvalue weighted by atomic mass is 9.99. The van der Waals surface area contributed by atoms with Crippen LogP contribution in [0.3, 0.4) is 0 Å². The molecule has 1 heterocycles. The number of ether oxygens (including phenoxy) is 1. The molecular formula is C30H27N3O2S. The smallest absolute Gasteiger partial charge is 0.237 e. The average Bonchev–Trinajstić information content (AvgIpc) is 2.90. The number of hydrogen-bond acceptors (Lipinski definition) is 5. The molecule has 3 aromatic carbocycles. The Kier molecular flexibility index (Phi) is 7.72. The van der Waals surface area contributed by atoms with Gasteiger partial charge in [-0.3, -0.25) is 4.79 Å². The van der Waals surface area contributed by atoms with Gasteiger partial charge >= 0.3 is 0 Å². The first kappa shape index (κ1) is 25.0. The van der Waals surface area contributed by atoms with Gasteiger partial charge in [0.05, 0.1) is 23.6 Å². The van der Waals surface area contributed by atoms with Gasteiger partial charge in [0, 0.05) is 16.8 Å². The number of methoxy groups -OCH3 is 1. The molecule has 0 aliphatic carbocycles. The molecule has 0 saturated carbocycles. The molecule has 1 unspecified atom stereocenters. The van der Waals surface area contributed by atoms with Crippen molar-refractivity contribution < 1.29 is 9.53 Å². The molecule has 1 atom stereocenters. The van der Waals surface area contributed by atoms with E-state index < -0.39 is 5.25 Å². The maximum atomic E-state index is 13.0. The lowest BCUT2D eigenvalue weighted by Crippen LogP contribution is -2.23. The summed E-state index contributed by atoms with van der Waals surface area (Å²) in [5.41, 5.74) is 6.68. The van der Waals surface area contributed by atoms with E-state index >= 15 is 0 Å². The fourth-order valence-electron chi connectivity index (χ4n) is 3.75. The third-order valence-electron chi connectivity index (χ3n) is 5.91. The molecule has 0 aliphatic rings. The molecule has 5 nitrogen and oxygen atoms in total. The molecule has 0 aliphatic heterocycles. The summed E-state index contributed by atoms with van der Waals surface area (Å²) in [6.07, 6.45) is 0. The monoisotopic (exact) mass is 493 g/mol. The summed E-state index contributed by atoms with van der Waals surface area (Å²) >= 11 is 1.29. The molecule has 4 rings (SSSR count). The highest BCUT2D eigenvalue weighted by Crippen LogP contribution is 2.36. The zero-order valence-corrected chi connectivity index (χ0v) is 21.5. The predicted molar refractivity (Wildman–Crippen MR) is 146 cm³/mol. The van der Waals surface area contributed by atoms with Crippen molar-refractivity contribution in [1.82, 2.24) is 4.98 Å². The van der Waals surface area contributed by atoms with Crippen LogP contribution in [0.1, 0.15) is 23.6 Å². The number of carbonyl (C=O) groups is 1.